The van der Waals surface area contributed by atoms with Gasteiger partial charge in [0, 0.05) is 31.4 Å². The highest BCUT2D eigenvalue weighted by Gasteiger charge is 2.31. The SMILES string of the molecule is CCn1nc(C(=O)N(CCN(C)C)c2nc3ccc(OC(F)(F)F)cc3s2)cc1C.Cl. The van der Waals surface area contributed by atoms with Gasteiger partial charge in [-0.1, -0.05) is 11.3 Å². The number of rotatable bonds is 7. The lowest BCUT2D eigenvalue weighted by molar-refractivity contribution is -0.274. The average Bonchev–Trinajstić information content (AvgIpc) is 3.22. The van der Waals surface area contributed by atoms with Crippen LogP contribution in [0.2, 0.25) is 0 Å². The van der Waals surface area contributed by atoms with Crippen molar-refractivity contribution in [3.8, 4) is 5.75 Å². The first kappa shape index (κ1) is 24.9. The van der Waals surface area contributed by atoms with Crippen molar-refractivity contribution in [2.75, 3.05) is 32.1 Å². The molecule has 0 spiro atoms. The first-order chi connectivity index (χ1) is 14.1. The standard InChI is InChI=1S/C19H22F3N5O2S.ClH/c1-5-27-12(2)10-15(24-27)17(28)26(9-8-25(3)4)18-23-14-7-6-13(11-16(14)30-18)29-19(20,21)22;/h6-7,10-11H,5,8-9H2,1-4H3;1H. The van der Waals surface area contributed by atoms with Crippen LogP contribution >= 0.6 is 23.7 Å². The maximum Gasteiger partial charge on any atom is 0.573 e. The van der Waals surface area contributed by atoms with Gasteiger partial charge in [0.2, 0.25) is 0 Å². The van der Waals surface area contributed by atoms with Crippen molar-refractivity contribution >= 4 is 45.0 Å². The quantitative estimate of drug-likeness (QED) is 0.506. The zero-order valence-electron chi connectivity index (χ0n) is 17.4. The van der Waals surface area contributed by atoms with Crippen molar-refractivity contribution in [2.45, 2.75) is 26.8 Å². The van der Waals surface area contributed by atoms with Crippen LogP contribution in [0.5, 0.6) is 5.75 Å². The Morgan fingerprint density at radius 1 is 1.23 bits per heavy atom. The molecule has 0 saturated heterocycles. The lowest BCUT2D eigenvalue weighted by atomic mass is 10.3. The number of nitrogens with zero attached hydrogens (tertiary/aromatic N) is 5. The highest BCUT2D eigenvalue weighted by molar-refractivity contribution is 7.22. The maximum atomic E-state index is 13.2. The molecule has 12 heteroatoms. The summed E-state index contributed by atoms with van der Waals surface area (Å²) in [5, 5.41) is 4.75. The molecular formula is C19H23ClF3N5O2S. The van der Waals surface area contributed by atoms with Crippen molar-refractivity contribution in [2.24, 2.45) is 0 Å². The zero-order chi connectivity index (χ0) is 22.1. The summed E-state index contributed by atoms with van der Waals surface area (Å²) < 4.78 is 43.7. The fraction of sp³-hybridized carbons (Fsp3) is 0.421. The normalized spacial score (nSPS) is 11.6. The first-order valence-electron chi connectivity index (χ1n) is 9.24. The lowest BCUT2D eigenvalue weighted by Gasteiger charge is -2.21. The molecule has 170 valence electrons. The Hall–Kier alpha value is -2.37. The molecule has 3 aromatic rings. The average molecular weight is 478 g/mol. The van der Waals surface area contributed by atoms with Gasteiger partial charge in [0.25, 0.3) is 5.91 Å². The summed E-state index contributed by atoms with van der Waals surface area (Å²) >= 11 is 1.13. The Morgan fingerprint density at radius 2 is 1.94 bits per heavy atom. The fourth-order valence-corrected chi connectivity index (χ4v) is 3.88. The molecule has 2 heterocycles. The third-order valence-corrected chi connectivity index (χ3v) is 5.37. The minimum atomic E-state index is -4.77. The largest absolute Gasteiger partial charge is 0.573 e. The number of anilines is 1. The van der Waals surface area contributed by atoms with E-state index in [0.717, 1.165) is 17.0 Å². The van der Waals surface area contributed by atoms with Crippen LogP contribution in [0.3, 0.4) is 0 Å². The second-order valence-electron chi connectivity index (χ2n) is 6.92. The Labute approximate surface area is 187 Å². The molecule has 0 bridgehead atoms. The van der Waals surface area contributed by atoms with Crippen molar-refractivity contribution in [1.82, 2.24) is 19.7 Å². The van der Waals surface area contributed by atoms with Gasteiger partial charge < -0.3 is 9.64 Å². The minimum Gasteiger partial charge on any atom is -0.406 e. The molecule has 1 aromatic carbocycles. The van der Waals surface area contributed by atoms with Gasteiger partial charge in [-0.2, -0.15) is 5.10 Å². The summed E-state index contributed by atoms with van der Waals surface area (Å²) in [6, 6.07) is 5.64. The number of aryl methyl sites for hydroxylation is 2. The van der Waals surface area contributed by atoms with E-state index in [0.29, 0.717) is 40.7 Å². The van der Waals surface area contributed by atoms with Crippen LogP contribution in [-0.2, 0) is 6.54 Å². The molecule has 0 aliphatic rings. The molecular weight excluding hydrogens is 455 g/mol. The van der Waals surface area contributed by atoms with Crippen molar-refractivity contribution in [1.29, 1.82) is 0 Å². The number of carbonyl (C=O) groups is 1. The summed E-state index contributed by atoms with van der Waals surface area (Å²) in [6.07, 6.45) is -4.77. The first-order valence-corrected chi connectivity index (χ1v) is 10.1. The highest BCUT2D eigenvalue weighted by atomic mass is 35.5. The number of hydrogen-bond donors (Lipinski definition) is 0. The predicted molar refractivity (Wildman–Crippen MR) is 116 cm³/mol. The van der Waals surface area contributed by atoms with Crippen LogP contribution in [0.15, 0.2) is 24.3 Å². The van der Waals surface area contributed by atoms with E-state index in [-0.39, 0.29) is 24.1 Å². The second kappa shape index (κ2) is 9.84. The third kappa shape index (κ3) is 6.08. The summed E-state index contributed by atoms with van der Waals surface area (Å²) in [7, 11) is 3.77. The van der Waals surface area contributed by atoms with Gasteiger partial charge in [-0.3, -0.25) is 14.4 Å². The van der Waals surface area contributed by atoms with Gasteiger partial charge >= 0.3 is 6.36 Å². The van der Waals surface area contributed by atoms with E-state index in [9.17, 15) is 18.0 Å². The van der Waals surface area contributed by atoms with Crippen LogP contribution < -0.4 is 9.64 Å². The van der Waals surface area contributed by atoms with Crippen molar-refractivity contribution in [3.63, 3.8) is 0 Å². The molecule has 0 aliphatic carbocycles. The number of likely N-dealkylation sites (N-methyl/N-ethyl adjacent to an activating group) is 1. The van der Waals surface area contributed by atoms with E-state index in [1.165, 1.54) is 23.1 Å². The van der Waals surface area contributed by atoms with E-state index in [4.69, 9.17) is 0 Å². The van der Waals surface area contributed by atoms with E-state index < -0.39 is 6.36 Å². The van der Waals surface area contributed by atoms with Gasteiger partial charge in [0.05, 0.1) is 10.2 Å². The van der Waals surface area contributed by atoms with Crippen LogP contribution in [0.25, 0.3) is 10.2 Å². The molecule has 3 rings (SSSR count). The van der Waals surface area contributed by atoms with Crippen LogP contribution in [-0.4, -0.2) is 59.1 Å². The third-order valence-electron chi connectivity index (χ3n) is 4.33. The number of benzene rings is 1. The summed E-state index contributed by atoms with van der Waals surface area (Å²) in [5.74, 6) is -0.633. The molecule has 0 atom stereocenters. The summed E-state index contributed by atoms with van der Waals surface area (Å²) in [4.78, 5) is 21.1. The Kier molecular flexibility index (Phi) is 7.90. The van der Waals surface area contributed by atoms with Crippen molar-refractivity contribution in [3.05, 3.63) is 35.7 Å². The number of ether oxygens (including phenoxy) is 1. The van der Waals surface area contributed by atoms with Gasteiger partial charge in [0.1, 0.15) is 5.75 Å². The topological polar surface area (TPSA) is 63.5 Å². The molecule has 1 amide bonds. The molecule has 0 saturated carbocycles. The van der Waals surface area contributed by atoms with E-state index >= 15 is 0 Å². The van der Waals surface area contributed by atoms with Crippen molar-refractivity contribution < 1.29 is 22.7 Å². The van der Waals surface area contributed by atoms with Crippen LogP contribution in [0.1, 0.15) is 23.1 Å². The Morgan fingerprint density at radius 3 is 2.52 bits per heavy atom. The number of alkyl halides is 3. The summed E-state index contributed by atoms with van der Waals surface area (Å²) in [6.45, 7) is 5.39. The minimum absolute atomic E-state index is 0. The number of amides is 1. The Balaban J connectivity index is 0.00000341. The van der Waals surface area contributed by atoms with Gasteiger partial charge in [-0.15, -0.1) is 25.6 Å². The van der Waals surface area contributed by atoms with Crippen LogP contribution in [0.4, 0.5) is 18.3 Å². The molecule has 2 aromatic heterocycles. The zero-order valence-corrected chi connectivity index (χ0v) is 19.1. The van der Waals surface area contributed by atoms with Gasteiger partial charge in [0.15, 0.2) is 10.8 Å². The van der Waals surface area contributed by atoms with Gasteiger partial charge in [-0.05, 0) is 46.1 Å². The molecule has 0 radical (unpaired) electrons. The summed E-state index contributed by atoms with van der Waals surface area (Å²) in [5.41, 5.74) is 1.66. The van der Waals surface area contributed by atoms with Gasteiger partial charge in [-0.25, -0.2) is 4.98 Å². The molecule has 31 heavy (non-hydrogen) atoms. The molecule has 0 aliphatic heterocycles. The second-order valence-corrected chi connectivity index (χ2v) is 7.93. The number of carbonyl (C=O) groups excluding carboxylic acids is 1. The molecule has 0 unspecified atom stereocenters. The number of hydrogen-bond acceptors (Lipinski definition) is 6. The highest BCUT2D eigenvalue weighted by Crippen LogP contribution is 2.33. The number of fused-ring (bicyclic) bond motifs is 1. The molecule has 0 fully saturated rings. The molecule has 7 nitrogen and oxygen atoms in total. The number of aromatic nitrogens is 3. The Bertz CT molecular complexity index is 1050. The predicted octanol–water partition coefficient (Wildman–Crippen LogP) is 4.35. The number of halogens is 4. The molecule has 0 N–H and O–H groups in total. The smallest absolute Gasteiger partial charge is 0.406 e. The maximum absolute atomic E-state index is 13.2. The fourth-order valence-electron chi connectivity index (χ4n) is 2.86. The monoisotopic (exact) mass is 477 g/mol. The number of thiazole rings is 1. The van der Waals surface area contributed by atoms with E-state index in [1.54, 1.807) is 10.7 Å². The van der Waals surface area contributed by atoms with E-state index in [1.807, 2.05) is 32.8 Å². The lowest BCUT2D eigenvalue weighted by Crippen LogP contribution is -2.37. The van der Waals surface area contributed by atoms with Crippen LogP contribution in [0, 0.1) is 6.92 Å². The van der Waals surface area contributed by atoms with E-state index in [2.05, 4.69) is 14.8 Å².